The molecule has 110 valence electrons. The minimum absolute atomic E-state index is 0.0288. The standard InChI is InChI=1S/C17H13NO3S/c1-12-6-9-16(18(19)20)17(10-12)21-22-15-8-7-13-4-2-3-5-14(13)11-15/h2-11H,1H3. The van der Waals surface area contributed by atoms with E-state index in [0.29, 0.717) is 0 Å². The smallest absolute Gasteiger partial charge is 0.312 e. The van der Waals surface area contributed by atoms with Crippen LogP contribution in [0.15, 0.2) is 65.6 Å². The Kier molecular flexibility index (Phi) is 3.98. The van der Waals surface area contributed by atoms with E-state index in [1.807, 2.05) is 49.4 Å². The Hall–Kier alpha value is -2.53. The van der Waals surface area contributed by atoms with Gasteiger partial charge in [-0.05, 0) is 41.5 Å². The van der Waals surface area contributed by atoms with Gasteiger partial charge in [0, 0.05) is 11.0 Å². The summed E-state index contributed by atoms with van der Waals surface area (Å²) in [5.74, 6) is 0.267. The molecule has 4 nitrogen and oxygen atoms in total. The predicted octanol–water partition coefficient (Wildman–Crippen LogP) is 5.14. The first-order chi connectivity index (χ1) is 10.6. The Balaban J connectivity index is 1.84. The predicted molar refractivity (Wildman–Crippen MR) is 88.3 cm³/mol. The number of benzene rings is 3. The number of hydrogen-bond acceptors (Lipinski definition) is 4. The van der Waals surface area contributed by atoms with Crippen LogP contribution in [0.25, 0.3) is 10.8 Å². The van der Waals surface area contributed by atoms with Crippen molar-refractivity contribution in [2.24, 2.45) is 0 Å². The fourth-order valence-corrected chi connectivity index (χ4v) is 2.77. The van der Waals surface area contributed by atoms with Crippen molar-refractivity contribution in [1.82, 2.24) is 0 Å². The Morgan fingerprint density at radius 1 is 1.00 bits per heavy atom. The quantitative estimate of drug-likeness (QED) is 0.380. The van der Waals surface area contributed by atoms with Gasteiger partial charge in [0.2, 0.25) is 5.75 Å². The third-order valence-corrected chi connectivity index (χ3v) is 3.97. The molecule has 0 fully saturated rings. The van der Waals surface area contributed by atoms with Gasteiger partial charge in [-0.2, -0.15) is 0 Å². The van der Waals surface area contributed by atoms with E-state index >= 15 is 0 Å². The van der Waals surface area contributed by atoms with Gasteiger partial charge in [-0.25, -0.2) is 0 Å². The zero-order chi connectivity index (χ0) is 15.5. The highest BCUT2D eigenvalue weighted by atomic mass is 32.2. The molecule has 0 unspecified atom stereocenters. The molecular formula is C17H13NO3S. The lowest BCUT2D eigenvalue weighted by molar-refractivity contribution is -0.385. The SMILES string of the molecule is Cc1ccc([N+](=O)[O-])c(OSc2ccc3ccccc3c2)c1. The summed E-state index contributed by atoms with van der Waals surface area (Å²) in [4.78, 5) is 11.5. The Bertz CT molecular complexity index is 848. The van der Waals surface area contributed by atoms with E-state index in [1.165, 1.54) is 6.07 Å². The third kappa shape index (κ3) is 3.04. The van der Waals surface area contributed by atoms with Crippen LogP contribution in [0.1, 0.15) is 5.56 Å². The highest BCUT2D eigenvalue weighted by Gasteiger charge is 2.15. The van der Waals surface area contributed by atoms with Crippen molar-refractivity contribution < 1.29 is 9.11 Å². The zero-order valence-corrected chi connectivity index (χ0v) is 12.7. The molecule has 5 heteroatoms. The van der Waals surface area contributed by atoms with E-state index < -0.39 is 4.92 Å². The Morgan fingerprint density at radius 3 is 2.55 bits per heavy atom. The average molecular weight is 311 g/mol. The van der Waals surface area contributed by atoms with E-state index in [4.69, 9.17) is 4.18 Å². The number of aryl methyl sites for hydroxylation is 1. The maximum atomic E-state index is 11.0. The van der Waals surface area contributed by atoms with Crippen molar-refractivity contribution in [1.29, 1.82) is 0 Å². The van der Waals surface area contributed by atoms with Gasteiger partial charge in [-0.15, -0.1) is 0 Å². The molecule has 3 aromatic rings. The van der Waals surface area contributed by atoms with E-state index in [2.05, 4.69) is 0 Å². The highest BCUT2D eigenvalue weighted by Crippen LogP contribution is 2.33. The number of fused-ring (bicyclic) bond motifs is 1. The molecule has 0 atom stereocenters. The maximum absolute atomic E-state index is 11.0. The molecular weight excluding hydrogens is 298 g/mol. The second-order valence-electron chi connectivity index (χ2n) is 4.90. The summed E-state index contributed by atoms with van der Waals surface area (Å²) < 4.78 is 5.59. The third-order valence-electron chi connectivity index (χ3n) is 3.26. The molecule has 0 saturated heterocycles. The molecule has 22 heavy (non-hydrogen) atoms. The Labute approximate surface area is 132 Å². The summed E-state index contributed by atoms with van der Waals surface area (Å²) in [6.45, 7) is 1.87. The first-order valence-corrected chi connectivity index (χ1v) is 7.46. The Morgan fingerprint density at radius 2 is 1.77 bits per heavy atom. The molecule has 0 aliphatic heterocycles. The van der Waals surface area contributed by atoms with Crippen molar-refractivity contribution in [2.45, 2.75) is 11.8 Å². The minimum atomic E-state index is -0.435. The molecule has 0 saturated carbocycles. The normalized spacial score (nSPS) is 10.6. The van der Waals surface area contributed by atoms with Crippen molar-refractivity contribution in [3.05, 3.63) is 76.3 Å². The second-order valence-corrected chi connectivity index (χ2v) is 5.71. The van der Waals surface area contributed by atoms with Crippen LogP contribution >= 0.6 is 12.0 Å². The number of hydrogen-bond donors (Lipinski definition) is 0. The van der Waals surface area contributed by atoms with Gasteiger partial charge in [0.15, 0.2) is 0 Å². The number of rotatable bonds is 4. The van der Waals surface area contributed by atoms with Gasteiger partial charge in [0.25, 0.3) is 0 Å². The molecule has 0 aliphatic carbocycles. The van der Waals surface area contributed by atoms with Crippen molar-refractivity contribution >= 4 is 28.5 Å². The molecule has 0 heterocycles. The summed E-state index contributed by atoms with van der Waals surface area (Å²) in [6.07, 6.45) is 0. The second kappa shape index (κ2) is 6.07. The fourth-order valence-electron chi connectivity index (χ4n) is 2.15. The summed E-state index contributed by atoms with van der Waals surface area (Å²) in [7, 11) is 0. The lowest BCUT2D eigenvalue weighted by Crippen LogP contribution is -1.93. The molecule has 3 rings (SSSR count). The first kappa shape index (κ1) is 14.4. The highest BCUT2D eigenvalue weighted by molar-refractivity contribution is 7.95. The van der Waals surface area contributed by atoms with E-state index in [-0.39, 0.29) is 11.4 Å². The molecule has 3 aromatic carbocycles. The molecule has 0 aliphatic rings. The molecule has 0 N–H and O–H groups in total. The first-order valence-electron chi connectivity index (χ1n) is 6.72. The van der Waals surface area contributed by atoms with Crippen LogP contribution < -0.4 is 4.18 Å². The molecule has 0 bridgehead atoms. The number of nitro benzene ring substituents is 1. The summed E-state index contributed by atoms with van der Waals surface area (Å²) >= 11 is 1.12. The maximum Gasteiger partial charge on any atom is 0.312 e. The largest absolute Gasteiger partial charge is 0.413 e. The van der Waals surface area contributed by atoms with Crippen LogP contribution in [-0.4, -0.2) is 4.92 Å². The van der Waals surface area contributed by atoms with E-state index in [1.54, 1.807) is 12.1 Å². The van der Waals surface area contributed by atoms with Gasteiger partial charge >= 0.3 is 5.69 Å². The van der Waals surface area contributed by atoms with Gasteiger partial charge in [0.1, 0.15) is 0 Å². The fraction of sp³-hybridized carbons (Fsp3) is 0.0588. The minimum Gasteiger partial charge on any atom is -0.413 e. The lowest BCUT2D eigenvalue weighted by Gasteiger charge is -2.06. The van der Waals surface area contributed by atoms with Crippen LogP contribution in [0, 0.1) is 17.0 Å². The lowest BCUT2D eigenvalue weighted by atomic mass is 10.1. The van der Waals surface area contributed by atoms with E-state index in [9.17, 15) is 10.1 Å². The topological polar surface area (TPSA) is 52.4 Å². The monoisotopic (exact) mass is 311 g/mol. The molecule has 0 spiro atoms. The zero-order valence-electron chi connectivity index (χ0n) is 11.9. The molecule has 0 radical (unpaired) electrons. The summed E-state index contributed by atoms with van der Waals surface area (Å²) in [5, 5.41) is 13.3. The summed E-state index contributed by atoms with van der Waals surface area (Å²) in [5.41, 5.74) is 0.888. The van der Waals surface area contributed by atoms with Crippen molar-refractivity contribution in [3.63, 3.8) is 0 Å². The van der Waals surface area contributed by atoms with Crippen molar-refractivity contribution in [2.75, 3.05) is 0 Å². The van der Waals surface area contributed by atoms with Gasteiger partial charge < -0.3 is 4.18 Å². The van der Waals surface area contributed by atoms with Gasteiger partial charge in [-0.1, -0.05) is 36.4 Å². The van der Waals surface area contributed by atoms with E-state index in [0.717, 1.165) is 33.3 Å². The van der Waals surface area contributed by atoms with Crippen LogP contribution in [0.5, 0.6) is 5.75 Å². The summed E-state index contributed by atoms with van der Waals surface area (Å²) in [6, 6.07) is 18.8. The molecule has 0 aromatic heterocycles. The van der Waals surface area contributed by atoms with Crippen LogP contribution in [0.4, 0.5) is 5.69 Å². The number of nitro groups is 1. The molecule has 0 amide bonds. The van der Waals surface area contributed by atoms with Crippen molar-refractivity contribution in [3.8, 4) is 5.75 Å². The number of nitrogens with zero attached hydrogens (tertiary/aromatic N) is 1. The van der Waals surface area contributed by atoms with Gasteiger partial charge in [-0.3, -0.25) is 10.1 Å². The van der Waals surface area contributed by atoms with Crippen LogP contribution in [0.2, 0.25) is 0 Å². The van der Waals surface area contributed by atoms with Crippen LogP contribution in [0.3, 0.4) is 0 Å². The van der Waals surface area contributed by atoms with Crippen LogP contribution in [-0.2, 0) is 0 Å². The van der Waals surface area contributed by atoms with Gasteiger partial charge in [0.05, 0.1) is 17.0 Å². The average Bonchev–Trinajstić information content (AvgIpc) is 2.52.